The topological polar surface area (TPSA) is 0 Å². The normalized spacial score (nSPS) is 7.71. The van der Waals surface area contributed by atoms with Crippen molar-refractivity contribution in [2.45, 2.75) is 41.0 Å². The van der Waals surface area contributed by atoms with Crippen molar-refractivity contribution in [1.29, 1.82) is 0 Å². The van der Waals surface area contributed by atoms with Gasteiger partial charge in [0.1, 0.15) is 0 Å². The highest BCUT2D eigenvalue weighted by atomic mass is 13.7. The fourth-order valence-electron chi connectivity index (χ4n) is 0. The highest BCUT2D eigenvalue weighted by Gasteiger charge is 1.68. The molecule has 0 heteroatoms. The lowest BCUT2D eigenvalue weighted by molar-refractivity contribution is 0.737. The van der Waals surface area contributed by atoms with Crippen molar-refractivity contribution in [2.75, 3.05) is 0 Å². The van der Waals surface area contributed by atoms with Crippen molar-refractivity contribution >= 4 is 0 Å². The third-order valence-corrected chi connectivity index (χ3v) is 0. The molecule has 0 aromatic carbocycles. The lowest BCUT2D eigenvalue weighted by atomic mass is 10.3. The van der Waals surface area contributed by atoms with Gasteiger partial charge < -0.3 is 0 Å². The molecule has 0 rings (SSSR count). The molecule has 0 aliphatic heterocycles. The Bertz CT molecular complexity index is 11.2. The van der Waals surface area contributed by atoms with E-state index < -0.39 is 0 Å². The second-order valence-corrected chi connectivity index (χ2v) is 2.44. The molecule has 0 N–H and O–H groups in total. The first-order chi connectivity index (χ1) is 3.15. The van der Waals surface area contributed by atoms with E-state index in [4.69, 9.17) is 0 Å². The minimum atomic E-state index is 0.833. The van der Waals surface area contributed by atoms with Gasteiger partial charge >= 0.3 is 0 Å². The Morgan fingerprint density at radius 2 is 1.00 bits per heavy atom. The maximum Gasteiger partial charge on any atom is -0.0500 e. The first-order valence-electron chi connectivity index (χ1n) is 3.15. The van der Waals surface area contributed by atoms with Gasteiger partial charge in [-0.3, -0.25) is 0 Å². The van der Waals surface area contributed by atoms with E-state index in [9.17, 15) is 0 Å². The lowest BCUT2D eigenvalue weighted by Gasteiger charge is -1.79. The third-order valence-electron chi connectivity index (χ3n) is 0. The summed E-state index contributed by atoms with van der Waals surface area (Å²) in [6, 6.07) is 0. The summed E-state index contributed by atoms with van der Waals surface area (Å²) in [5.41, 5.74) is 0. The Kier molecular flexibility index (Phi) is 13.5. The van der Waals surface area contributed by atoms with Crippen LogP contribution in [0.15, 0.2) is 0 Å². The van der Waals surface area contributed by atoms with Crippen LogP contribution in [0, 0.1) is 5.92 Å². The first-order valence-corrected chi connectivity index (χ1v) is 3.15. The molecule has 0 aromatic rings. The number of rotatable bonds is 0. The molecule has 0 nitrogen and oxygen atoms in total. The van der Waals surface area contributed by atoms with Crippen molar-refractivity contribution in [3.63, 3.8) is 0 Å². The number of hydrogen-bond donors (Lipinski definition) is 0. The largest absolute Gasteiger partial charge is 0.0656 e. The van der Waals surface area contributed by atoms with Crippen LogP contribution in [0.2, 0.25) is 0 Å². The van der Waals surface area contributed by atoms with Crippen LogP contribution < -0.4 is 0 Å². The summed E-state index contributed by atoms with van der Waals surface area (Å²) in [5.74, 6) is 0.833. The van der Waals surface area contributed by atoms with Crippen LogP contribution in [0.1, 0.15) is 41.0 Å². The van der Waals surface area contributed by atoms with Crippen LogP contribution in [0.3, 0.4) is 0 Å². The standard InChI is InChI=1S/C4H10.C3H8/c1-4(2)3;1-3-2/h4H,1-3H3;3H2,1-2H3. The Balaban J connectivity index is 0. The molecule has 0 heterocycles. The van der Waals surface area contributed by atoms with Crippen LogP contribution in [-0.2, 0) is 0 Å². The highest BCUT2D eigenvalue weighted by molar-refractivity contribution is 4.20. The second kappa shape index (κ2) is 9.38. The van der Waals surface area contributed by atoms with E-state index in [1.165, 1.54) is 6.42 Å². The Morgan fingerprint density at radius 1 is 1.00 bits per heavy atom. The third kappa shape index (κ3) is 0. The summed E-state index contributed by atoms with van der Waals surface area (Å²) in [4.78, 5) is 0. The second-order valence-electron chi connectivity index (χ2n) is 2.44. The van der Waals surface area contributed by atoms with Gasteiger partial charge in [-0.1, -0.05) is 41.0 Å². The molecular weight excluding hydrogens is 84.1 g/mol. The molecule has 0 unspecified atom stereocenters. The van der Waals surface area contributed by atoms with Gasteiger partial charge in [-0.2, -0.15) is 0 Å². The maximum atomic E-state index is 2.17. The minimum Gasteiger partial charge on any atom is -0.0656 e. The average molecular weight is 102 g/mol. The van der Waals surface area contributed by atoms with Crippen LogP contribution in [0.4, 0.5) is 0 Å². The Hall–Kier alpha value is 0. The van der Waals surface area contributed by atoms with E-state index in [1.54, 1.807) is 0 Å². The molecule has 0 bridgehead atoms. The van der Waals surface area contributed by atoms with Gasteiger partial charge in [0.05, 0.1) is 0 Å². The van der Waals surface area contributed by atoms with Gasteiger partial charge in [-0.25, -0.2) is 0 Å². The summed E-state index contributed by atoms with van der Waals surface area (Å²) < 4.78 is 0. The number of hydrogen-bond acceptors (Lipinski definition) is 0. The Morgan fingerprint density at radius 3 is 1.00 bits per heavy atom. The van der Waals surface area contributed by atoms with Gasteiger partial charge in [0.2, 0.25) is 0 Å². The van der Waals surface area contributed by atoms with Crippen molar-refractivity contribution in [3.05, 3.63) is 0 Å². The van der Waals surface area contributed by atoms with Crippen molar-refractivity contribution in [1.82, 2.24) is 0 Å². The summed E-state index contributed by atoms with van der Waals surface area (Å²) >= 11 is 0. The predicted molar refractivity (Wildman–Crippen MR) is 36.5 cm³/mol. The quantitative estimate of drug-likeness (QED) is 0.441. The molecule has 0 atom stereocenters. The molecule has 0 fully saturated rings. The summed E-state index contributed by atoms with van der Waals surface area (Å²) in [7, 11) is 0. The fraction of sp³-hybridized carbons (Fsp3) is 1.00. The molecule has 0 spiro atoms. The maximum absolute atomic E-state index is 2.17. The van der Waals surface area contributed by atoms with E-state index in [-0.39, 0.29) is 0 Å². The SMILES string of the molecule is CC(C)C.CCC. The highest BCUT2D eigenvalue weighted by Crippen LogP contribution is 1.81. The van der Waals surface area contributed by atoms with Crippen LogP contribution in [-0.4, -0.2) is 0 Å². The van der Waals surface area contributed by atoms with E-state index in [0.717, 1.165) is 5.92 Å². The molecule has 0 aromatic heterocycles. The molecular formula is C7H18. The van der Waals surface area contributed by atoms with E-state index >= 15 is 0 Å². The Labute approximate surface area is 47.9 Å². The van der Waals surface area contributed by atoms with Gasteiger partial charge in [0, 0.05) is 0 Å². The van der Waals surface area contributed by atoms with Crippen LogP contribution >= 0.6 is 0 Å². The van der Waals surface area contributed by atoms with Gasteiger partial charge in [-0.05, 0) is 5.92 Å². The van der Waals surface area contributed by atoms with E-state index in [0.29, 0.717) is 0 Å². The van der Waals surface area contributed by atoms with E-state index in [1.807, 2.05) is 0 Å². The smallest absolute Gasteiger partial charge is 0.0500 e. The van der Waals surface area contributed by atoms with Gasteiger partial charge in [0.15, 0.2) is 0 Å². The first kappa shape index (κ1) is 10.1. The monoisotopic (exact) mass is 102 g/mol. The molecule has 0 amide bonds. The van der Waals surface area contributed by atoms with Crippen molar-refractivity contribution in [3.8, 4) is 0 Å². The molecule has 0 saturated carbocycles. The average Bonchev–Trinajstić information content (AvgIpc) is 1.33. The summed E-state index contributed by atoms with van der Waals surface area (Å²) in [6.45, 7) is 10.8. The van der Waals surface area contributed by atoms with Gasteiger partial charge in [0.25, 0.3) is 0 Å². The van der Waals surface area contributed by atoms with Crippen LogP contribution in [0.5, 0.6) is 0 Å². The van der Waals surface area contributed by atoms with Gasteiger partial charge in [-0.15, -0.1) is 0 Å². The minimum absolute atomic E-state index is 0.833. The zero-order valence-corrected chi connectivity index (χ0v) is 6.28. The summed E-state index contributed by atoms with van der Waals surface area (Å²) in [5, 5.41) is 0. The molecule has 46 valence electrons. The zero-order chi connectivity index (χ0) is 6.28. The molecule has 0 aliphatic rings. The predicted octanol–water partition coefficient (Wildman–Crippen LogP) is 3.08. The molecule has 0 aliphatic carbocycles. The van der Waals surface area contributed by atoms with Crippen molar-refractivity contribution < 1.29 is 0 Å². The van der Waals surface area contributed by atoms with Crippen molar-refractivity contribution in [2.24, 2.45) is 5.92 Å². The lowest BCUT2D eigenvalue weighted by Crippen LogP contribution is -1.66. The zero-order valence-electron chi connectivity index (χ0n) is 6.28. The van der Waals surface area contributed by atoms with Crippen LogP contribution in [0.25, 0.3) is 0 Å². The molecule has 7 heavy (non-hydrogen) atoms. The molecule has 0 radical (unpaired) electrons. The molecule has 0 saturated heterocycles. The fourth-order valence-corrected chi connectivity index (χ4v) is 0. The van der Waals surface area contributed by atoms with E-state index in [2.05, 4.69) is 34.6 Å². The summed E-state index contributed by atoms with van der Waals surface area (Å²) in [6.07, 6.45) is 1.25.